The summed E-state index contributed by atoms with van der Waals surface area (Å²) in [7, 11) is 0. The molecule has 1 heterocycles. The van der Waals surface area contributed by atoms with E-state index in [4.69, 9.17) is 5.11 Å². The topological polar surface area (TPSA) is 109 Å². The third-order valence-corrected chi connectivity index (χ3v) is 2.24. The molecule has 0 saturated heterocycles. The van der Waals surface area contributed by atoms with E-state index in [0.717, 1.165) is 24.3 Å². The monoisotopic (exact) mass is 251 g/mol. The highest BCUT2D eigenvalue weighted by molar-refractivity contribution is 5.86. The zero-order valence-electron chi connectivity index (χ0n) is 8.75. The minimum absolute atomic E-state index is 0.00593. The number of rotatable bonds is 3. The van der Waals surface area contributed by atoms with Crippen molar-refractivity contribution >= 4 is 11.7 Å². The number of aromatic amines is 1. The van der Waals surface area contributed by atoms with E-state index in [9.17, 15) is 19.3 Å². The number of nitrogens with one attached hydrogen (secondary N) is 1. The average molecular weight is 251 g/mol. The van der Waals surface area contributed by atoms with Crippen LogP contribution >= 0.6 is 0 Å². The van der Waals surface area contributed by atoms with Gasteiger partial charge in [-0.1, -0.05) is 0 Å². The van der Waals surface area contributed by atoms with Crippen LogP contribution in [-0.2, 0) is 0 Å². The SMILES string of the molecule is O=C(O)c1cc(-c2cc([N+](=O)[O-])ccc2F)n[nH]1. The van der Waals surface area contributed by atoms with E-state index in [1.165, 1.54) is 0 Å². The molecule has 1 aromatic heterocycles. The van der Waals surface area contributed by atoms with Gasteiger partial charge in [-0.25, -0.2) is 9.18 Å². The van der Waals surface area contributed by atoms with Crippen LogP contribution in [0, 0.1) is 15.9 Å². The van der Waals surface area contributed by atoms with Crippen LogP contribution in [0.15, 0.2) is 24.3 Å². The smallest absolute Gasteiger partial charge is 0.353 e. The van der Waals surface area contributed by atoms with Crippen LogP contribution in [0.25, 0.3) is 11.3 Å². The third kappa shape index (κ3) is 2.03. The van der Waals surface area contributed by atoms with E-state index in [2.05, 4.69) is 10.2 Å². The molecule has 92 valence electrons. The molecule has 2 aromatic rings. The highest BCUT2D eigenvalue weighted by Crippen LogP contribution is 2.25. The van der Waals surface area contributed by atoms with E-state index >= 15 is 0 Å². The molecule has 0 amide bonds. The molecule has 0 radical (unpaired) electrons. The van der Waals surface area contributed by atoms with Gasteiger partial charge in [0.1, 0.15) is 11.5 Å². The molecular formula is C10H6FN3O4. The lowest BCUT2D eigenvalue weighted by atomic mass is 10.1. The zero-order valence-corrected chi connectivity index (χ0v) is 8.75. The number of halogens is 1. The first-order valence-corrected chi connectivity index (χ1v) is 4.72. The fourth-order valence-corrected chi connectivity index (χ4v) is 1.39. The number of H-pyrrole nitrogens is 1. The number of nitrogens with zero attached hydrogens (tertiary/aromatic N) is 2. The van der Waals surface area contributed by atoms with E-state index in [-0.39, 0.29) is 22.6 Å². The predicted molar refractivity (Wildman–Crippen MR) is 57.6 cm³/mol. The lowest BCUT2D eigenvalue weighted by molar-refractivity contribution is -0.384. The molecule has 2 N–H and O–H groups in total. The van der Waals surface area contributed by atoms with Gasteiger partial charge in [-0.15, -0.1) is 0 Å². The maximum Gasteiger partial charge on any atom is 0.353 e. The summed E-state index contributed by atoms with van der Waals surface area (Å²) >= 11 is 0. The number of carboxylic acids is 1. The maximum atomic E-state index is 13.5. The molecule has 0 saturated carbocycles. The van der Waals surface area contributed by atoms with Crippen molar-refractivity contribution in [3.8, 4) is 11.3 Å². The van der Waals surface area contributed by atoms with Gasteiger partial charge in [-0.2, -0.15) is 5.10 Å². The summed E-state index contributed by atoms with van der Waals surface area (Å²) in [6, 6.07) is 4.05. The van der Waals surface area contributed by atoms with E-state index in [1.54, 1.807) is 0 Å². The summed E-state index contributed by atoms with van der Waals surface area (Å²) < 4.78 is 13.5. The van der Waals surface area contributed by atoms with Crippen LogP contribution in [-0.4, -0.2) is 26.2 Å². The molecule has 1 aromatic carbocycles. The normalized spacial score (nSPS) is 10.3. The number of aromatic nitrogens is 2. The minimum atomic E-state index is -1.25. The van der Waals surface area contributed by atoms with Crippen LogP contribution in [0.5, 0.6) is 0 Å². The van der Waals surface area contributed by atoms with Crippen molar-refractivity contribution in [1.29, 1.82) is 0 Å². The van der Waals surface area contributed by atoms with Crippen molar-refractivity contribution in [1.82, 2.24) is 10.2 Å². The van der Waals surface area contributed by atoms with Gasteiger partial charge < -0.3 is 5.11 Å². The Hall–Kier alpha value is -2.77. The molecule has 18 heavy (non-hydrogen) atoms. The molecule has 0 aliphatic carbocycles. The zero-order chi connectivity index (χ0) is 13.3. The lowest BCUT2D eigenvalue weighted by Crippen LogP contribution is -1.95. The molecule has 0 aliphatic heterocycles. The second kappa shape index (κ2) is 4.24. The van der Waals surface area contributed by atoms with Crippen LogP contribution < -0.4 is 0 Å². The molecule has 0 spiro atoms. The fourth-order valence-electron chi connectivity index (χ4n) is 1.39. The van der Waals surface area contributed by atoms with Gasteiger partial charge in [-0.05, 0) is 12.1 Å². The van der Waals surface area contributed by atoms with Crippen LogP contribution in [0.2, 0.25) is 0 Å². The highest BCUT2D eigenvalue weighted by atomic mass is 19.1. The quantitative estimate of drug-likeness (QED) is 0.638. The first-order chi connectivity index (χ1) is 8.49. The Bertz CT molecular complexity index is 638. The van der Waals surface area contributed by atoms with Crippen LogP contribution in [0.3, 0.4) is 0 Å². The predicted octanol–water partition coefficient (Wildman–Crippen LogP) is 1.82. The molecule has 0 bridgehead atoms. The number of hydrogen-bond acceptors (Lipinski definition) is 4. The van der Waals surface area contributed by atoms with E-state index < -0.39 is 16.7 Å². The standard InChI is InChI=1S/C10H6FN3O4/c11-7-2-1-5(14(17)18)3-6(7)8-4-9(10(15)16)13-12-8/h1-4H,(H,12,13)(H,15,16). The largest absolute Gasteiger partial charge is 0.477 e. The summed E-state index contributed by atoms with van der Waals surface area (Å²) in [5, 5.41) is 25.0. The Balaban J connectivity index is 2.51. The minimum Gasteiger partial charge on any atom is -0.477 e. The van der Waals surface area contributed by atoms with Crippen molar-refractivity contribution in [2.75, 3.05) is 0 Å². The fraction of sp³-hybridized carbons (Fsp3) is 0. The van der Waals surface area contributed by atoms with Crippen molar-refractivity contribution in [3.05, 3.63) is 45.9 Å². The molecule has 0 aliphatic rings. The number of nitro benzene ring substituents is 1. The van der Waals surface area contributed by atoms with Crippen molar-refractivity contribution < 1.29 is 19.2 Å². The van der Waals surface area contributed by atoms with Gasteiger partial charge in [0.2, 0.25) is 0 Å². The Labute approximate surface area is 99.0 Å². The van der Waals surface area contributed by atoms with Crippen LogP contribution in [0.4, 0.5) is 10.1 Å². The molecule has 0 atom stereocenters. The second-order valence-corrected chi connectivity index (χ2v) is 3.39. The van der Waals surface area contributed by atoms with Gasteiger partial charge in [0.25, 0.3) is 5.69 Å². The number of carbonyl (C=O) groups is 1. The number of nitro groups is 1. The van der Waals surface area contributed by atoms with Gasteiger partial charge in [0.05, 0.1) is 10.6 Å². The second-order valence-electron chi connectivity index (χ2n) is 3.39. The number of aromatic carboxylic acids is 1. The average Bonchev–Trinajstić information content (AvgIpc) is 2.78. The number of carboxylic acid groups (broad SMARTS) is 1. The number of hydrogen-bond donors (Lipinski definition) is 2. The molecule has 0 fully saturated rings. The maximum absolute atomic E-state index is 13.5. The van der Waals surface area contributed by atoms with Gasteiger partial charge in [0.15, 0.2) is 0 Å². The van der Waals surface area contributed by atoms with Crippen molar-refractivity contribution in [3.63, 3.8) is 0 Å². The first kappa shape index (κ1) is 11.7. The number of benzene rings is 1. The van der Waals surface area contributed by atoms with Crippen molar-refractivity contribution in [2.24, 2.45) is 0 Å². The van der Waals surface area contributed by atoms with Gasteiger partial charge in [-0.3, -0.25) is 15.2 Å². The molecule has 2 rings (SSSR count). The van der Waals surface area contributed by atoms with Gasteiger partial charge >= 0.3 is 5.97 Å². The Morgan fingerprint density at radius 3 is 2.72 bits per heavy atom. The molecule has 7 nitrogen and oxygen atoms in total. The summed E-state index contributed by atoms with van der Waals surface area (Å²) in [6.45, 7) is 0. The Kier molecular flexibility index (Phi) is 2.76. The van der Waals surface area contributed by atoms with E-state index in [0.29, 0.717) is 0 Å². The summed E-state index contributed by atoms with van der Waals surface area (Å²) in [5.41, 5.74) is -0.663. The molecule has 8 heteroatoms. The Morgan fingerprint density at radius 1 is 1.44 bits per heavy atom. The number of non-ortho nitro benzene ring substituents is 1. The van der Waals surface area contributed by atoms with Gasteiger partial charge in [0, 0.05) is 17.7 Å². The Morgan fingerprint density at radius 2 is 2.17 bits per heavy atom. The summed E-state index contributed by atoms with van der Waals surface area (Å²) in [6.07, 6.45) is 0. The van der Waals surface area contributed by atoms with E-state index in [1.807, 2.05) is 0 Å². The van der Waals surface area contributed by atoms with Crippen molar-refractivity contribution in [2.45, 2.75) is 0 Å². The van der Waals surface area contributed by atoms with Crippen LogP contribution in [0.1, 0.15) is 10.5 Å². The summed E-state index contributed by atoms with van der Waals surface area (Å²) in [4.78, 5) is 20.5. The third-order valence-electron chi connectivity index (χ3n) is 2.24. The first-order valence-electron chi connectivity index (χ1n) is 4.72. The summed E-state index contributed by atoms with van der Waals surface area (Å²) in [5.74, 6) is -1.97. The molecular weight excluding hydrogens is 245 g/mol. The molecule has 0 unspecified atom stereocenters. The highest BCUT2D eigenvalue weighted by Gasteiger charge is 2.16. The lowest BCUT2D eigenvalue weighted by Gasteiger charge is -1.98.